The third-order valence-corrected chi connectivity index (χ3v) is 8.19. The van der Waals surface area contributed by atoms with E-state index in [0.717, 1.165) is 48.2 Å². The Balaban J connectivity index is 1.53. The molecule has 0 bridgehead atoms. The van der Waals surface area contributed by atoms with Crippen LogP contribution in [0, 0.1) is 0 Å². The van der Waals surface area contributed by atoms with E-state index in [1.807, 2.05) is 68.4 Å². The van der Waals surface area contributed by atoms with E-state index >= 15 is 0 Å². The Labute approximate surface area is 280 Å². The average molecular weight is 664 g/mol. The Hall–Kier alpha value is -4.48. The molecule has 256 valence electrons. The number of amides is 2. The van der Waals surface area contributed by atoms with E-state index in [0.29, 0.717) is 18.7 Å². The molecule has 3 aromatic carbocycles. The first-order valence-corrected chi connectivity index (χ1v) is 16.4. The van der Waals surface area contributed by atoms with Crippen molar-refractivity contribution in [2.75, 3.05) is 18.0 Å². The van der Waals surface area contributed by atoms with Gasteiger partial charge < -0.3 is 20.6 Å². The molecule has 3 N–H and O–H groups in total. The zero-order valence-electron chi connectivity index (χ0n) is 27.6. The van der Waals surface area contributed by atoms with Crippen LogP contribution in [0.4, 0.5) is 18.9 Å². The van der Waals surface area contributed by atoms with Crippen molar-refractivity contribution in [1.82, 2.24) is 20.4 Å². The van der Waals surface area contributed by atoms with Crippen LogP contribution in [0.25, 0.3) is 0 Å². The maximum atomic E-state index is 14.0. The number of hydrogen-bond donors (Lipinski definition) is 3. The highest BCUT2D eigenvalue weighted by Gasteiger charge is 2.31. The van der Waals surface area contributed by atoms with Gasteiger partial charge in [0.25, 0.3) is 11.8 Å². The molecule has 0 saturated carbocycles. The molecular formula is C37H44F3N5O3. The molecule has 4 rings (SSSR count). The number of nitrogens with one attached hydrogen (secondary N) is 2. The van der Waals surface area contributed by atoms with Crippen LogP contribution >= 0.6 is 0 Å². The number of hydrogen-bond acceptors (Lipinski definition) is 5. The highest BCUT2D eigenvalue weighted by molar-refractivity contribution is 6.07. The summed E-state index contributed by atoms with van der Waals surface area (Å²) in [7, 11) is 0. The lowest BCUT2D eigenvalue weighted by Gasteiger charge is -2.25. The third kappa shape index (κ3) is 9.54. The lowest BCUT2D eigenvalue weighted by atomic mass is 10.0. The minimum absolute atomic E-state index is 0.00435. The fourth-order valence-corrected chi connectivity index (χ4v) is 5.56. The van der Waals surface area contributed by atoms with Gasteiger partial charge in [-0.1, -0.05) is 87.0 Å². The Morgan fingerprint density at radius 2 is 1.65 bits per heavy atom. The Kier molecular flexibility index (Phi) is 12.9. The van der Waals surface area contributed by atoms with Crippen LogP contribution in [0.15, 0.2) is 84.9 Å². The van der Waals surface area contributed by atoms with Crippen LogP contribution < -0.4 is 15.5 Å². The molecule has 48 heavy (non-hydrogen) atoms. The summed E-state index contributed by atoms with van der Waals surface area (Å²) < 4.78 is 41.0. The third-order valence-electron chi connectivity index (χ3n) is 8.19. The number of nitrogens with zero attached hydrogens (tertiary/aromatic N) is 3. The molecule has 1 heterocycles. The van der Waals surface area contributed by atoms with E-state index in [2.05, 4.69) is 22.7 Å². The minimum atomic E-state index is -4.45. The number of unbranched alkanes of at least 4 members (excludes halogenated alkanes) is 1. The first-order chi connectivity index (χ1) is 23.0. The number of benzene rings is 3. The van der Waals surface area contributed by atoms with Crippen LogP contribution in [0.5, 0.6) is 0 Å². The quantitative estimate of drug-likeness (QED) is 0.129. The van der Waals surface area contributed by atoms with Gasteiger partial charge in [0.15, 0.2) is 5.69 Å². The van der Waals surface area contributed by atoms with Gasteiger partial charge in [-0.2, -0.15) is 18.3 Å². The van der Waals surface area contributed by atoms with E-state index < -0.39 is 29.8 Å². The number of aliphatic hydroxyl groups excluding tert-OH is 1. The maximum Gasteiger partial charge on any atom is 0.416 e. The second kappa shape index (κ2) is 17.1. The predicted molar refractivity (Wildman–Crippen MR) is 181 cm³/mol. The summed E-state index contributed by atoms with van der Waals surface area (Å²) in [6, 6.07) is 22.8. The van der Waals surface area contributed by atoms with Crippen molar-refractivity contribution in [3.05, 3.63) is 119 Å². The van der Waals surface area contributed by atoms with Gasteiger partial charge in [-0.15, -0.1) is 0 Å². The topological polar surface area (TPSA) is 99.5 Å². The van der Waals surface area contributed by atoms with Crippen LogP contribution in [0.2, 0.25) is 0 Å². The summed E-state index contributed by atoms with van der Waals surface area (Å²) >= 11 is 0. The number of para-hydroxylation sites is 1. The molecule has 11 heteroatoms. The lowest BCUT2D eigenvalue weighted by molar-refractivity contribution is -0.137. The van der Waals surface area contributed by atoms with Gasteiger partial charge in [-0.25, -0.2) is 0 Å². The molecule has 0 unspecified atom stereocenters. The van der Waals surface area contributed by atoms with E-state index in [1.54, 1.807) is 11.0 Å². The fraction of sp³-hybridized carbons (Fsp3) is 0.378. The number of halogens is 3. The molecule has 1 aromatic heterocycles. The van der Waals surface area contributed by atoms with Crippen molar-refractivity contribution < 1.29 is 27.9 Å². The smallest absolute Gasteiger partial charge is 0.390 e. The summed E-state index contributed by atoms with van der Waals surface area (Å²) in [6.07, 6.45) is -2.80. The zero-order valence-corrected chi connectivity index (χ0v) is 27.6. The van der Waals surface area contributed by atoms with Gasteiger partial charge in [-0.05, 0) is 55.0 Å². The molecular weight excluding hydrogens is 619 g/mol. The number of anilines is 1. The Bertz CT molecular complexity index is 1640. The number of carbonyl (C=O) groups is 2. The summed E-state index contributed by atoms with van der Waals surface area (Å²) in [4.78, 5) is 29.4. The summed E-state index contributed by atoms with van der Waals surface area (Å²) in [5, 5.41) is 21.6. The highest BCUT2D eigenvalue weighted by atomic mass is 19.4. The van der Waals surface area contributed by atoms with Crippen LogP contribution in [0.3, 0.4) is 0 Å². The number of aliphatic hydroxyl groups is 1. The number of rotatable bonds is 16. The molecule has 2 atom stereocenters. The molecule has 0 aliphatic carbocycles. The van der Waals surface area contributed by atoms with E-state index in [-0.39, 0.29) is 36.8 Å². The average Bonchev–Trinajstić information content (AvgIpc) is 3.53. The number of aryl methyl sites for hydroxylation is 2. The van der Waals surface area contributed by atoms with Crippen molar-refractivity contribution in [2.24, 2.45) is 0 Å². The predicted octanol–water partition coefficient (Wildman–Crippen LogP) is 6.42. The SMILES string of the molecule is CCCCN(C(=O)c1cc(C(=O)N[C@@H](Cc2ccccc2)[C@H](O)CNCc2cccc(C(F)(F)F)c2)nn1CC)c1ccccc1CC. The number of alkyl halides is 3. The minimum Gasteiger partial charge on any atom is -0.390 e. The molecule has 0 aliphatic heterocycles. The van der Waals surface area contributed by atoms with Crippen LogP contribution in [-0.2, 0) is 32.1 Å². The summed E-state index contributed by atoms with van der Waals surface area (Å²) in [5.74, 6) is -0.805. The van der Waals surface area contributed by atoms with Crippen molar-refractivity contribution in [3.8, 4) is 0 Å². The van der Waals surface area contributed by atoms with Gasteiger partial charge in [0.05, 0.1) is 17.7 Å². The second-order valence-corrected chi connectivity index (χ2v) is 11.7. The Morgan fingerprint density at radius 1 is 0.938 bits per heavy atom. The largest absolute Gasteiger partial charge is 0.416 e. The van der Waals surface area contributed by atoms with Crippen molar-refractivity contribution in [3.63, 3.8) is 0 Å². The van der Waals surface area contributed by atoms with E-state index in [1.165, 1.54) is 16.8 Å². The van der Waals surface area contributed by atoms with Crippen LogP contribution in [0.1, 0.15) is 76.8 Å². The normalized spacial score (nSPS) is 12.8. The van der Waals surface area contributed by atoms with Gasteiger partial charge in [-0.3, -0.25) is 14.3 Å². The monoisotopic (exact) mass is 663 g/mol. The molecule has 4 aromatic rings. The fourth-order valence-electron chi connectivity index (χ4n) is 5.56. The van der Waals surface area contributed by atoms with Gasteiger partial charge >= 0.3 is 6.18 Å². The molecule has 8 nitrogen and oxygen atoms in total. The van der Waals surface area contributed by atoms with Gasteiger partial charge in [0, 0.05) is 37.9 Å². The molecule has 0 aliphatic rings. The summed E-state index contributed by atoms with van der Waals surface area (Å²) in [5.41, 5.74) is 2.74. The van der Waals surface area contributed by atoms with Crippen molar-refractivity contribution in [2.45, 2.75) is 77.9 Å². The first kappa shape index (κ1) is 36.4. The van der Waals surface area contributed by atoms with E-state index in [4.69, 9.17) is 0 Å². The van der Waals surface area contributed by atoms with Gasteiger partial charge in [0.1, 0.15) is 5.69 Å². The van der Waals surface area contributed by atoms with Gasteiger partial charge in [0.2, 0.25) is 0 Å². The lowest BCUT2D eigenvalue weighted by Crippen LogP contribution is -2.48. The number of carbonyl (C=O) groups excluding carboxylic acids is 2. The molecule has 2 amide bonds. The second-order valence-electron chi connectivity index (χ2n) is 11.7. The van der Waals surface area contributed by atoms with Crippen molar-refractivity contribution in [1.29, 1.82) is 0 Å². The van der Waals surface area contributed by atoms with Crippen LogP contribution in [-0.4, -0.2) is 51.9 Å². The zero-order chi connectivity index (χ0) is 34.7. The first-order valence-electron chi connectivity index (χ1n) is 16.4. The molecule has 0 fully saturated rings. The van der Waals surface area contributed by atoms with Crippen molar-refractivity contribution >= 4 is 17.5 Å². The maximum absolute atomic E-state index is 14.0. The number of aromatic nitrogens is 2. The summed E-state index contributed by atoms with van der Waals surface area (Å²) in [6.45, 7) is 6.93. The van der Waals surface area contributed by atoms with E-state index in [9.17, 15) is 27.9 Å². The molecule has 0 spiro atoms. The highest BCUT2D eigenvalue weighted by Crippen LogP contribution is 2.29. The Morgan fingerprint density at radius 3 is 2.33 bits per heavy atom. The molecule has 0 saturated heterocycles. The standard InChI is InChI=1S/C37H44F3N5O3/c1-4-7-20-44(32-19-12-11-17-28(32)5-2)36(48)33-23-31(43-45(33)6-3)35(47)42-30(22-26-14-9-8-10-15-26)34(46)25-41-24-27-16-13-18-29(21-27)37(38,39)40/h8-19,21,23,30,34,41,46H,4-7,20,22,24-25H2,1-3H3,(H,42,47)/t30-,34+/m0/s1. The molecule has 0 radical (unpaired) electrons.